The molecular weight excluding hydrogens is 270 g/mol. The number of nitrogens with two attached hydrogens (primary N) is 1. The Morgan fingerprint density at radius 1 is 0.636 bits per heavy atom. The second kappa shape index (κ2) is 6.56. The normalized spacial score (nSPS) is 11.3. The highest BCUT2D eigenvalue weighted by Gasteiger charge is 2.30. The van der Waals surface area contributed by atoms with Crippen molar-refractivity contribution in [2.75, 3.05) is 0 Å². The predicted octanol–water partition coefficient (Wildman–Crippen LogP) is 4.06. The highest BCUT2D eigenvalue weighted by Crippen LogP contribution is 2.29. The van der Waals surface area contributed by atoms with Gasteiger partial charge in [-0.15, -0.1) is 0 Å². The maximum absolute atomic E-state index is 6.67. The molecule has 0 saturated carbocycles. The Kier molecular flexibility index (Phi) is 4.33. The van der Waals surface area contributed by atoms with Gasteiger partial charge >= 0.3 is 0 Å². The molecule has 22 heavy (non-hydrogen) atoms. The lowest BCUT2D eigenvalue weighted by Gasteiger charge is -2.31. The van der Waals surface area contributed by atoms with E-state index in [1.54, 1.807) is 0 Å². The fourth-order valence-corrected chi connectivity index (χ4v) is 2.48. The van der Waals surface area contributed by atoms with E-state index in [4.69, 9.17) is 10.5 Å². The van der Waals surface area contributed by atoms with Crippen molar-refractivity contribution in [1.29, 1.82) is 0 Å². The summed E-state index contributed by atoms with van der Waals surface area (Å²) >= 11 is 0. The highest BCUT2D eigenvalue weighted by atomic mass is 16.5. The van der Waals surface area contributed by atoms with Crippen LogP contribution in [0, 0.1) is 0 Å². The zero-order valence-corrected chi connectivity index (χ0v) is 12.4. The third-order valence-corrected chi connectivity index (χ3v) is 3.71. The summed E-state index contributed by atoms with van der Waals surface area (Å²) < 4.78 is 6.17. The van der Waals surface area contributed by atoms with Crippen LogP contribution >= 0.6 is 0 Å². The van der Waals surface area contributed by atoms with Crippen molar-refractivity contribution in [2.45, 2.75) is 12.3 Å². The molecule has 2 nitrogen and oxygen atoms in total. The van der Waals surface area contributed by atoms with Gasteiger partial charge in [-0.3, -0.25) is 5.73 Å². The number of ether oxygens (including phenoxy) is 1. The zero-order valence-electron chi connectivity index (χ0n) is 12.4. The van der Waals surface area contributed by atoms with Gasteiger partial charge in [0.15, 0.2) is 5.72 Å². The van der Waals surface area contributed by atoms with E-state index < -0.39 is 5.72 Å². The first-order valence-corrected chi connectivity index (χ1v) is 7.37. The van der Waals surface area contributed by atoms with Crippen molar-refractivity contribution in [3.8, 4) is 0 Å². The summed E-state index contributed by atoms with van der Waals surface area (Å²) in [5.41, 5.74) is 8.69. The summed E-state index contributed by atoms with van der Waals surface area (Å²) in [7, 11) is 0. The van der Waals surface area contributed by atoms with Crippen molar-refractivity contribution in [3.05, 3.63) is 108 Å². The van der Waals surface area contributed by atoms with Crippen LogP contribution in [0.25, 0.3) is 0 Å². The largest absolute Gasteiger partial charge is 0.348 e. The third kappa shape index (κ3) is 3.08. The minimum atomic E-state index is -0.960. The van der Waals surface area contributed by atoms with Crippen LogP contribution in [0.1, 0.15) is 16.7 Å². The SMILES string of the molecule is NC(OCc1ccccc1)(c1ccccc1)c1ccccc1. The first-order valence-electron chi connectivity index (χ1n) is 7.37. The molecule has 0 heterocycles. The fourth-order valence-electron chi connectivity index (χ4n) is 2.48. The van der Waals surface area contributed by atoms with Crippen LogP contribution < -0.4 is 5.73 Å². The van der Waals surface area contributed by atoms with Crippen LogP contribution in [0.4, 0.5) is 0 Å². The lowest BCUT2D eigenvalue weighted by atomic mass is 9.95. The molecule has 0 unspecified atom stereocenters. The molecule has 0 fully saturated rings. The van der Waals surface area contributed by atoms with Gasteiger partial charge in [0.1, 0.15) is 0 Å². The maximum Gasteiger partial charge on any atom is 0.169 e. The smallest absolute Gasteiger partial charge is 0.169 e. The van der Waals surface area contributed by atoms with E-state index in [2.05, 4.69) is 0 Å². The molecule has 2 heteroatoms. The van der Waals surface area contributed by atoms with E-state index in [9.17, 15) is 0 Å². The summed E-state index contributed by atoms with van der Waals surface area (Å²) in [4.78, 5) is 0. The van der Waals surface area contributed by atoms with Crippen molar-refractivity contribution in [3.63, 3.8) is 0 Å². The summed E-state index contributed by atoms with van der Waals surface area (Å²) in [6, 6.07) is 29.9. The molecule has 0 radical (unpaired) electrons. The second-order valence-electron chi connectivity index (χ2n) is 5.24. The average Bonchev–Trinajstić information content (AvgIpc) is 2.62. The van der Waals surface area contributed by atoms with Crippen LogP contribution in [0.3, 0.4) is 0 Å². The molecule has 0 aliphatic carbocycles. The Bertz CT molecular complexity index is 656. The molecule has 0 bridgehead atoms. The van der Waals surface area contributed by atoms with Crippen LogP contribution in [0.2, 0.25) is 0 Å². The molecule has 110 valence electrons. The first-order chi connectivity index (χ1) is 10.8. The molecular formula is C20H19NO. The number of hydrogen-bond donors (Lipinski definition) is 1. The minimum absolute atomic E-state index is 0.459. The lowest BCUT2D eigenvalue weighted by molar-refractivity contribution is -0.0261. The Hall–Kier alpha value is -2.42. The molecule has 0 atom stereocenters. The first kappa shape index (κ1) is 14.5. The van der Waals surface area contributed by atoms with Gasteiger partial charge in [-0.1, -0.05) is 91.0 Å². The van der Waals surface area contributed by atoms with Crippen molar-refractivity contribution < 1.29 is 4.74 Å². The Morgan fingerprint density at radius 3 is 1.50 bits per heavy atom. The summed E-state index contributed by atoms with van der Waals surface area (Å²) in [6.07, 6.45) is 0. The summed E-state index contributed by atoms with van der Waals surface area (Å²) in [6.45, 7) is 0.459. The van der Waals surface area contributed by atoms with Gasteiger partial charge in [0.25, 0.3) is 0 Å². The van der Waals surface area contributed by atoms with E-state index in [0.29, 0.717) is 6.61 Å². The van der Waals surface area contributed by atoms with E-state index in [1.807, 2.05) is 91.0 Å². The van der Waals surface area contributed by atoms with Crippen molar-refractivity contribution in [1.82, 2.24) is 0 Å². The third-order valence-electron chi connectivity index (χ3n) is 3.71. The molecule has 0 aliphatic heterocycles. The standard InChI is InChI=1S/C20H19NO/c21-20(18-12-6-2-7-13-18,19-14-8-3-9-15-19)22-16-17-10-4-1-5-11-17/h1-15H,16,21H2. The average molecular weight is 289 g/mol. The molecule has 3 rings (SSSR count). The van der Waals surface area contributed by atoms with Crippen LogP contribution in [-0.4, -0.2) is 0 Å². The van der Waals surface area contributed by atoms with Gasteiger partial charge in [0.2, 0.25) is 0 Å². The van der Waals surface area contributed by atoms with Gasteiger partial charge in [-0.25, -0.2) is 0 Å². The Morgan fingerprint density at radius 2 is 1.05 bits per heavy atom. The summed E-state index contributed by atoms with van der Waals surface area (Å²) in [5.74, 6) is 0. The van der Waals surface area contributed by atoms with Gasteiger partial charge in [-0.2, -0.15) is 0 Å². The predicted molar refractivity (Wildman–Crippen MR) is 89.1 cm³/mol. The second-order valence-corrected chi connectivity index (χ2v) is 5.24. The van der Waals surface area contributed by atoms with Gasteiger partial charge in [-0.05, 0) is 5.56 Å². The summed E-state index contributed by atoms with van der Waals surface area (Å²) in [5, 5.41) is 0. The van der Waals surface area contributed by atoms with Crippen molar-refractivity contribution in [2.24, 2.45) is 5.73 Å². The van der Waals surface area contributed by atoms with E-state index in [1.165, 1.54) is 0 Å². The van der Waals surface area contributed by atoms with Crippen LogP contribution in [0.5, 0.6) is 0 Å². The molecule has 0 aromatic heterocycles. The van der Waals surface area contributed by atoms with E-state index >= 15 is 0 Å². The fraction of sp³-hybridized carbons (Fsp3) is 0.100. The minimum Gasteiger partial charge on any atom is -0.348 e. The molecule has 3 aromatic carbocycles. The molecule has 2 N–H and O–H groups in total. The molecule has 0 spiro atoms. The van der Waals surface area contributed by atoms with Gasteiger partial charge in [0.05, 0.1) is 6.61 Å². The molecule has 3 aromatic rings. The van der Waals surface area contributed by atoms with E-state index in [-0.39, 0.29) is 0 Å². The number of hydrogen-bond acceptors (Lipinski definition) is 2. The zero-order chi connectivity index (χ0) is 15.3. The Balaban J connectivity index is 1.93. The topological polar surface area (TPSA) is 35.2 Å². The van der Waals surface area contributed by atoms with Crippen LogP contribution in [0.15, 0.2) is 91.0 Å². The molecule has 0 aliphatic rings. The molecule has 0 amide bonds. The lowest BCUT2D eigenvalue weighted by Crippen LogP contribution is -2.40. The monoisotopic (exact) mass is 289 g/mol. The number of rotatable bonds is 5. The van der Waals surface area contributed by atoms with E-state index in [0.717, 1.165) is 16.7 Å². The number of benzene rings is 3. The van der Waals surface area contributed by atoms with Crippen LogP contribution in [-0.2, 0) is 17.1 Å². The Labute approximate surface area is 131 Å². The maximum atomic E-state index is 6.67. The highest BCUT2D eigenvalue weighted by molar-refractivity contribution is 5.35. The van der Waals surface area contributed by atoms with Gasteiger partial charge < -0.3 is 4.74 Å². The molecule has 0 saturated heterocycles. The van der Waals surface area contributed by atoms with Crippen molar-refractivity contribution >= 4 is 0 Å². The quantitative estimate of drug-likeness (QED) is 0.719. The van der Waals surface area contributed by atoms with Gasteiger partial charge in [0, 0.05) is 11.1 Å².